The molecule has 1 aliphatic carbocycles. The molecule has 1 aliphatic rings. The summed E-state index contributed by atoms with van der Waals surface area (Å²) in [5.41, 5.74) is 0. The first-order valence-electron chi connectivity index (χ1n) is 5.33. The SMILES string of the molecule is CC1CC(CN(C)C)CC(C)C1O. The quantitative estimate of drug-likeness (QED) is 0.706. The molecule has 13 heavy (non-hydrogen) atoms. The van der Waals surface area contributed by atoms with Crippen molar-refractivity contribution in [3.8, 4) is 0 Å². The number of rotatable bonds is 2. The Labute approximate surface area is 81.9 Å². The van der Waals surface area contributed by atoms with Gasteiger partial charge in [0.1, 0.15) is 0 Å². The average molecular weight is 185 g/mol. The van der Waals surface area contributed by atoms with Crippen molar-refractivity contribution in [3.63, 3.8) is 0 Å². The maximum Gasteiger partial charge on any atom is 0.0591 e. The number of nitrogens with zero attached hydrogens (tertiary/aromatic N) is 1. The lowest BCUT2D eigenvalue weighted by Crippen LogP contribution is -2.37. The van der Waals surface area contributed by atoms with Crippen LogP contribution in [0.15, 0.2) is 0 Å². The fraction of sp³-hybridized carbons (Fsp3) is 1.00. The molecular weight excluding hydrogens is 162 g/mol. The van der Waals surface area contributed by atoms with Gasteiger partial charge in [0.25, 0.3) is 0 Å². The largest absolute Gasteiger partial charge is 0.393 e. The Morgan fingerprint density at radius 2 is 1.62 bits per heavy atom. The van der Waals surface area contributed by atoms with Crippen LogP contribution >= 0.6 is 0 Å². The van der Waals surface area contributed by atoms with Crippen molar-refractivity contribution < 1.29 is 5.11 Å². The molecule has 2 atom stereocenters. The molecule has 0 aliphatic heterocycles. The van der Waals surface area contributed by atoms with Crippen LogP contribution in [0, 0.1) is 17.8 Å². The second-order valence-corrected chi connectivity index (χ2v) is 5.04. The van der Waals surface area contributed by atoms with Crippen molar-refractivity contribution in [1.29, 1.82) is 0 Å². The van der Waals surface area contributed by atoms with Gasteiger partial charge >= 0.3 is 0 Å². The molecule has 2 heteroatoms. The predicted molar refractivity (Wildman–Crippen MR) is 55.6 cm³/mol. The van der Waals surface area contributed by atoms with Crippen LogP contribution in [0.2, 0.25) is 0 Å². The molecular formula is C11H23NO. The zero-order valence-corrected chi connectivity index (χ0v) is 9.33. The fourth-order valence-electron chi connectivity index (χ4n) is 2.65. The Bertz CT molecular complexity index is 146. The third-order valence-electron chi connectivity index (χ3n) is 3.20. The van der Waals surface area contributed by atoms with E-state index in [1.54, 1.807) is 0 Å². The third kappa shape index (κ3) is 2.96. The maximum absolute atomic E-state index is 9.78. The van der Waals surface area contributed by atoms with E-state index in [1.165, 1.54) is 19.4 Å². The summed E-state index contributed by atoms with van der Waals surface area (Å²) in [7, 11) is 4.25. The molecule has 0 bridgehead atoms. The highest BCUT2D eigenvalue weighted by Crippen LogP contribution is 2.33. The first-order chi connectivity index (χ1) is 6.00. The molecule has 0 heterocycles. The van der Waals surface area contributed by atoms with Crippen LogP contribution in [0.5, 0.6) is 0 Å². The molecule has 1 rings (SSSR count). The van der Waals surface area contributed by atoms with Gasteiger partial charge in [-0.15, -0.1) is 0 Å². The van der Waals surface area contributed by atoms with E-state index < -0.39 is 0 Å². The summed E-state index contributed by atoms with van der Waals surface area (Å²) in [6, 6.07) is 0. The van der Waals surface area contributed by atoms with Gasteiger partial charge in [-0.3, -0.25) is 0 Å². The van der Waals surface area contributed by atoms with Crippen molar-refractivity contribution in [3.05, 3.63) is 0 Å². The van der Waals surface area contributed by atoms with Gasteiger partial charge in [0.05, 0.1) is 6.10 Å². The lowest BCUT2D eigenvalue weighted by Gasteiger charge is -2.37. The average Bonchev–Trinajstić information content (AvgIpc) is 1.98. The molecule has 78 valence electrons. The Kier molecular flexibility index (Phi) is 3.74. The van der Waals surface area contributed by atoms with E-state index in [4.69, 9.17) is 0 Å². The Balaban J connectivity index is 2.44. The Morgan fingerprint density at radius 3 is 2.00 bits per heavy atom. The summed E-state index contributed by atoms with van der Waals surface area (Å²) in [5, 5.41) is 9.78. The smallest absolute Gasteiger partial charge is 0.0591 e. The highest BCUT2D eigenvalue weighted by molar-refractivity contribution is 4.82. The van der Waals surface area contributed by atoms with Gasteiger partial charge in [-0.25, -0.2) is 0 Å². The van der Waals surface area contributed by atoms with Gasteiger partial charge < -0.3 is 10.0 Å². The Hall–Kier alpha value is -0.0800. The molecule has 0 aromatic heterocycles. The molecule has 1 fully saturated rings. The summed E-state index contributed by atoms with van der Waals surface area (Å²) in [6.07, 6.45) is 2.30. The lowest BCUT2D eigenvalue weighted by atomic mass is 9.74. The number of aliphatic hydroxyl groups excluding tert-OH is 1. The second-order valence-electron chi connectivity index (χ2n) is 5.04. The van der Waals surface area contributed by atoms with Crippen LogP contribution in [-0.2, 0) is 0 Å². The summed E-state index contributed by atoms with van der Waals surface area (Å²) in [4.78, 5) is 2.25. The molecule has 0 saturated heterocycles. The van der Waals surface area contributed by atoms with Crippen LogP contribution in [0.25, 0.3) is 0 Å². The molecule has 2 nitrogen and oxygen atoms in total. The van der Waals surface area contributed by atoms with Crippen molar-refractivity contribution in [1.82, 2.24) is 4.90 Å². The van der Waals surface area contributed by atoms with Crippen molar-refractivity contribution in [2.75, 3.05) is 20.6 Å². The highest BCUT2D eigenvalue weighted by Gasteiger charge is 2.31. The molecule has 0 radical (unpaired) electrons. The molecule has 1 N–H and O–H groups in total. The van der Waals surface area contributed by atoms with Gasteiger partial charge in [-0.2, -0.15) is 0 Å². The Morgan fingerprint density at radius 1 is 1.15 bits per heavy atom. The van der Waals surface area contributed by atoms with Gasteiger partial charge in [0, 0.05) is 6.54 Å². The number of aliphatic hydroxyl groups is 1. The topological polar surface area (TPSA) is 23.5 Å². The molecule has 0 spiro atoms. The molecule has 1 saturated carbocycles. The van der Waals surface area contributed by atoms with Crippen LogP contribution in [0.4, 0.5) is 0 Å². The normalized spacial score (nSPS) is 41.1. The molecule has 0 aromatic carbocycles. The second kappa shape index (κ2) is 4.43. The van der Waals surface area contributed by atoms with E-state index in [0.29, 0.717) is 11.8 Å². The number of hydrogen-bond acceptors (Lipinski definition) is 2. The minimum Gasteiger partial charge on any atom is -0.393 e. The van der Waals surface area contributed by atoms with E-state index in [9.17, 15) is 5.11 Å². The summed E-state index contributed by atoms with van der Waals surface area (Å²) in [6.45, 7) is 5.51. The summed E-state index contributed by atoms with van der Waals surface area (Å²) < 4.78 is 0. The van der Waals surface area contributed by atoms with Crippen LogP contribution in [-0.4, -0.2) is 36.8 Å². The van der Waals surface area contributed by atoms with Gasteiger partial charge in [-0.05, 0) is 44.7 Å². The van der Waals surface area contributed by atoms with Crippen molar-refractivity contribution in [2.45, 2.75) is 32.8 Å². The van der Waals surface area contributed by atoms with Gasteiger partial charge in [0.2, 0.25) is 0 Å². The molecule has 0 amide bonds. The lowest BCUT2D eigenvalue weighted by molar-refractivity contribution is 0.00669. The monoisotopic (exact) mass is 185 g/mol. The van der Waals surface area contributed by atoms with E-state index in [-0.39, 0.29) is 6.10 Å². The number of hydrogen-bond donors (Lipinski definition) is 1. The van der Waals surface area contributed by atoms with Crippen LogP contribution < -0.4 is 0 Å². The van der Waals surface area contributed by atoms with Gasteiger partial charge in [0.15, 0.2) is 0 Å². The summed E-state index contributed by atoms with van der Waals surface area (Å²) in [5.74, 6) is 1.74. The van der Waals surface area contributed by atoms with Crippen molar-refractivity contribution >= 4 is 0 Å². The standard InChI is InChI=1S/C11H23NO/c1-8-5-10(7-12(3)4)6-9(2)11(8)13/h8-11,13H,5-7H2,1-4H3. The summed E-state index contributed by atoms with van der Waals surface area (Å²) >= 11 is 0. The van der Waals surface area contributed by atoms with Gasteiger partial charge in [-0.1, -0.05) is 13.8 Å². The van der Waals surface area contributed by atoms with Crippen LogP contribution in [0.3, 0.4) is 0 Å². The van der Waals surface area contributed by atoms with E-state index in [2.05, 4.69) is 32.8 Å². The maximum atomic E-state index is 9.78. The zero-order valence-electron chi connectivity index (χ0n) is 9.33. The molecule has 0 aromatic rings. The third-order valence-corrected chi connectivity index (χ3v) is 3.20. The van der Waals surface area contributed by atoms with E-state index >= 15 is 0 Å². The first kappa shape index (κ1) is 11.0. The predicted octanol–water partition coefficient (Wildman–Crippen LogP) is 1.59. The zero-order chi connectivity index (χ0) is 10.0. The fourth-order valence-corrected chi connectivity index (χ4v) is 2.65. The minimum absolute atomic E-state index is 0.0709. The van der Waals surface area contributed by atoms with E-state index in [1.807, 2.05) is 0 Å². The van der Waals surface area contributed by atoms with Crippen LogP contribution in [0.1, 0.15) is 26.7 Å². The van der Waals surface area contributed by atoms with Crippen molar-refractivity contribution in [2.24, 2.45) is 17.8 Å². The first-order valence-corrected chi connectivity index (χ1v) is 5.33. The van der Waals surface area contributed by atoms with E-state index in [0.717, 1.165) is 5.92 Å². The molecule has 2 unspecified atom stereocenters. The minimum atomic E-state index is -0.0709. The highest BCUT2D eigenvalue weighted by atomic mass is 16.3.